The Morgan fingerprint density at radius 3 is 2.95 bits per heavy atom. The quantitative estimate of drug-likeness (QED) is 0.801. The number of benzene rings is 1. The van der Waals surface area contributed by atoms with E-state index in [-0.39, 0.29) is 11.9 Å². The fourth-order valence-electron chi connectivity index (χ4n) is 2.62. The average molecular weight is 267 g/mol. The van der Waals surface area contributed by atoms with Crippen LogP contribution in [0.2, 0.25) is 0 Å². The highest BCUT2D eigenvalue weighted by Crippen LogP contribution is 2.30. The summed E-state index contributed by atoms with van der Waals surface area (Å²) in [5, 5.41) is 0. The highest BCUT2D eigenvalue weighted by Gasteiger charge is 2.24. The van der Waals surface area contributed by atoms with Crippen LogP contribution in [0.15, 0.2) is 42.5 Å². The number of fused-ring (bicyclic) bond motifs is 1. The summed E-state index contributed by atoms with van der Waals surface area (Å²) in [5.74, 6) is 0.0374. The van der Waals surface area contributed by atoms with Gasteiger partial charge in [0.2, 0.25) is 0 Å². The molecule has 0 bridgehead atoms. The van der Waals surface area contributed by atoms with Crippen LogP contribution < -0.4 is 0 Å². The summed E-state index contributed by atoms with van der Waals surface area (Å²) in [4.78, 5) is 16.6. The lowest BCUT2D eigenvalue weighted by molar-refractivity contribution is 0.0350. The number of ketones is 1. The summed E-state index contributed by atoms with van der Waals surface area (Å²) in [6.07, 6.45) is 1.13. The third-order valence-corrected chi connectivity index (χ3v) is 3.64. The van der Waals surface area contributed by atoms with Gasteiger partial charge in [0.05, 0.1) is 12.7 Å². The fraction of sp³-hybridized carbons (Fsp3) is 0.294. The second kappa shape index (κ2) is 5.55. The number of carbonyl (C=O) groups excluding carboxylic acids is 1. The van der Waals surface area contributed by atoms with Crippen LogP contribution in [0.4, 0.5) is 0 Å². The van der Waals surface area contributed by atoms with Crippen molar-refractivity contribution in [2.45, 2.75) is 25.9 Å². The van der Waals surface area contributed by atoms with Crippen LogP contribution in [0.5, 0.6) is 0 Å². The highest BCUT2D eigenvalue weighted by molar-refractivity contribution is 5.94. The maximum Gasteiger partial charge on any atom is 0.184 e. The summed E-state index contributed by atoms with van der Waals surface area (Å²) >= 11 is 0. The van der Waals surface area contributed by atoms with Crippen LogP contribution >= 0.6 is 0 Å². The van der Waals surface area contributed by atoms with Crippen LogP contribution in [0.1, 0.15) is 39.8 Å². The maximum atomic E-state index is 12.3. The van der Waals surface area contributed by atoms with E-state index < -0.39 is 0 Å². The molecule has 0 spiro atoms. The molecule has 2 aromatic rings. The lowest BCUT2D eigenvalue weighted by Crippen LogP contribution is -2.19. The molecule has 1 aliphatic rings. The van der Waals surface area contributed by atoms with Crippen molar-refractivity contribution in [2.75, 3.05) is 6.61 Å². The van der Waals surface area contributed by atoms with Gasteiger partial charge >= 0.3 is 0 Å². The number of aryl methyl sites for hydroxylation is 1. The second-order valence-electron chi connectivity index (χ2n) is 5.10. The molecular formula is C17H17NO2. The average Bonchev–Trinajstić information content (AvgIpc) is 2.47. The van der Waals surface area contributed by atoms with Gasteiger partial charge in [-0.05, 0) is 36.6 Å². The second-order valence-corrected chi connectivity index (χ2v) is 5.10. The lowest BCUT2D eigenvalue weighted by atomic mass is 9.94. The van der Waals surface area contributed by atoms with Gasteiger partial charge in [-0.25, -0.2) is 0 Å². The monoisotopic (exact) mass is 267 g/mol. The summed E-state index contributed by atoms with van der Waals surface area (Å²) in [6, 6.07) is 13.7. The summed E-state index contributed by atoms with van der Waals surface area (Å²) in [7, 11) is 0. The van der Waals surface area contributed by atoms with Crippen molar-refractivity contribution in [3.63, 3.8) is 0 Å². The van der Waals surface area contributed by atoms with Crippen LogP contribution in [-0.2, 0) is 11.2 Å². The van der Waals surface area contributed by atoms with E-state index in [0.29, 0.717) is 18.7 Å². The standard InChI is InChI=1S/C17H17NO2/c1-12-5-4-8-15(18-12)16(19)11-17-14-7-3-2-6-13(14)9-10-20-17/h2-8,17H,9-11H2,1H3. The van der Waals surface area contributed by atoms with E-state index in [4.69, 9.17) is 4.74 Å². The molecule has 1 aromatic carbocycles. The number of hydrogen-bond donors (Lipinski definition) is 0. The minimum atomic E-state index is -0.144. The summed E-state index contributed by atoms with van der Waals surface area (Å²) in [6.45, 7) is 2.57. The molecule has 1 atom stereocenters. The molecule has 0 saturated carbocycles. The number of hydrogen-bond acceptors (Lipinski definition) is 3. The van der Waals surface area contributed by atoms with E-state index >= 15 is 0 Å². The zero-order valence-electron chi connectivity index (χ0n) is 11.5. The third kappa shape index (κ3) is 2.63. The minimum Gasteiger partial charge on any atom is -0.373 e. The Hall–Kier alpha value is -2.00. The van der Waals surface area contributed by atoms with Crippen molar-refractivity contribution >= 4 is 5.78 Å². The van der Waals surface area contributed by atoms with E-state index in [1.807, 2.05) is 31.2 Å². The van der Waals surface area contributed by atoms with E-state index in [1.54, 1.807) is 6.07 Å². The van der Waals surface area contributed by atoms with Gasteiger partial charge in [-0.1, -0.05) is 30.3 Å². The normalized spacial score (nSPS) is 17.6. The van der Waals surface area contributed by atoms with Crippen molar-refractivity contribution in [2.24, 2.45) is 0 Å². The summed E-state index contributed by atoms with van der Waals surface area (Å²) < 4.78 is 5.78. The van der Waals surface area contributed by atoms with Gasteiger partial charge in [-0.3, -0.25) is 9.78 Å². The van der Waals surface area contributed by atoms with Gasteiger partial charge in [-0.2, -0.15) is 0 Å². The smallest absolute Gasteiger partial charge is 0.184 e. The van der Waals surface area contributed by atoms with Gasteiger partial charge in [0, 0.05) is 12.1 Å². The molecule has 0 saturated heterocycles. The van der Waals surface area contributed by atoms with Gasteiger partial charge in [0.15, 0.2) is 5.78 Å². The van der Waals surface area contributed by atoms with Gasteiger partial charge < -0.3 is 4.74 Å². The van der Waals surface area contributed by atoms with Gasteiger partial charge in [0.25, 0.3) is 0 Å². The zero-order valence-corrected chi connectivity index (χ0v) is 11.5. The predicted molar refractivity (Wildman–Crippen MR) is 76.8 cm³/mol. The Morgan fingerprint density at radius 1 is 1.25 bits per heavy atom. The number of pyridine rings is 1. The van der Waals surface area contributed by atoms with Crippen molar-refractivity contribution in [3.8, 4) is 0 Å². The topological polar surface area (TPSA) is 39.2 Å². The number of aromatic nitrogens is 1. The molecule has 0 fully saturated rings. The number of nitrogens with zero attached hydrogens (tertiary/aromatic N) is 1. The largest absolute Gasteiger partial charge is 0.373 e. The third-order valence-electron chi connectivity index (χ3n) is 3.64. The van der Waals surface area contributed by atoms with E-state index in [0.717, 1.165) is 17.7 Å². The number of ether oxygens (including phenoxy) is 1. The van der Waals surface area contributed by atoms with Gasteiger partial charge in [0.1, 0.15) is 5.69 Å². The highest BCUT2D eigenvalue weighted by atomic mass is 16.5. The van der Waals surface area contributed by atoms with E-state index in [9.17, 15) is 4.79 Å². The molecule has 3 rings (SSSR count). The molecule has 1 unspecified atom stereocenters. The first kappa shape index (κ1) is 13.0. The zero-order chi connectivity index (χ0) is 13.9. The molecule has 20 heavy (non-hydrogen) atoms. The van der Waals surface area contributed by atoms with Crippen LogP contribution in [-0.4, -0.2) is 17.4 Å². The maximum absolute atomic E-state index is 12.3. The first-order chi connectivity index (χ1) is 9.74. The molecule has 2 heterocycles. The van der Waals surface area contributed by atoms with Crippen LogP contribution in [0.25, 0.3) is 0 Å². The molecule has 0 amide bonds. The minimum absolute atomic E-state index is 0.0374. The molecule has 1 aliphatic heterocycles. The number of Topliss-reactive ketones (excluding diaryl/α,β-unsaturated/α-hetero) is 1. The van der Waals surface area contributed by atoms with Gasteiger partial charge in [-0.15, -0.1) is 0 Å². The van der Waals surface area contributed by atoms with Crippen molar-refractivity contribution in [3.05, 3.63) is 65.0 Å². The number of rotatable bonds is 3. The molecule has 3 nitrogen and oxygen atoms in total. The van der Waals surface area contributed by atoms with E-state index in [1.165, 1.54) is 5.56 Å². The molecule has 1 aromatic heterocycles. The number of carbonyl (C=O) groups is 1. The van der Waals surface area contributed by atoms with Crippen LogP contribution in [0, 0.1) is 6.92 Å². The molecule has 0 N–H and O–H groups in total. The molecule has 3 heteroatoms. The first-order valence-corrected chi connectivity index (χ1v) is 6.90. The van der Waals surface area contributed by atoms with Crippen LogP contribution in [0.3, 0.4) is 0 Å². The Bertz CT molecular complexity index is 636. The Kier molecular flexibility index (Phi) is 3.61. The SMILES string of the molecule is Cc1cccc(C(=O)CC2OCCc3ccccc32)n1. The molecule has 0 radical (unpaired) electrons. The van der Waals surface area contributed by atoms with Crippen molar-refractivity contribution in [1.29, 1.82) is 0 Å². The lowest BCUT2D eigenvalue weighted by Gasteiger charge is -2.25. The first-order valence-electron chi connectivity index (χ1n) is 6.90. The Labute approximate surface area is 118 Å². The predicted octanol–water partition coefficient (Wildman–Crippen LogP) is 3.28. The summed E-state index contributed by atoms with van der Waals surface area (Å²) in [5.41, 5.74) is 3.81. The molecular weight excluding hydrogens is 250 g/mol. The Morgan fingerprint density at radius 2 is 2.10 bits per heavy atom. The fourth-order valence-corrected chi connectivity index (χ4v) is 2.62. The molecule has 0 aliphatic carbocycles. The van der Waals surface area contributed by atoms with Crippen molar-refractivity contribution in [1.82, 2.24) is 4.98 Å². The van der Waals surface area contributed by atoms with E-state index in [2.05, 4.69) is 17.1 Å². The Balaban J connectivity index is 1.81. The van der Waals surface area contributed by atoms with Crippen molar-refractivity contribution < 1.29 is 9.53 Å². The molecule has 102 valence electrons.